The van der Waals surface area contributed by atoms with Gasteiger partial charge in [-0.05, 0) is 85.6 Å². The van der Waals surface area contributed by atoms with Crippen molar-refractivity contribution in [2.75, 3.05) is 4.90 Å². The van der Waals surface area contributed by atoms with Crippen molar-refractivity contribution < 1.29 is 4.42 Å². The van der Waals surface area contributed by atoms with E-state index in [1.807, 2.05) is 6.07 Å². The molecule has 222 valence electrons. The molecule has 0 saturated heterocycles. The van der Waals surface area contributed by atoms with Crippen LogP contribution in [0.1, 0.15) is 25.0 Å². The Labute approximate surface area is 273 Å². The van der Waals surface area contributed by atoms with Crippen LogP contribution >= 0.6 is 0 Å². The van der Waals surface area contributed by atoms with E-state index >= 15 is 0 Å². The standard InChI is InChI=1S/C45H31NO/c1-45(2)38-15-7-5-13-34(38)37-26-31(23-25-39(37)45)46(32-22-24-36-35-14-6-8-17-41(35)47-42(36)27-32)40-16-9-11-29-20-21-30-19-18-28-10-3-4-12-33(28)43(30)44(29)40/h3-27H,1-2H3. The van der Waals surface area contributed by atoms with E-state index in [-0.39, 0.29) is 5.41 Å². The van der Waals surface area contributed by atoms with Crippen LogP contribution in [0.4, 0.5) is 17.1 Å². The van der Waals surface area contributed by atoms with Gasteiger partial charge in [-0.25, -0.2) is 0 Å². The third kappa shape index (κ3) is 3.73. The SMILES string of the molecule is CC1(C)c2ccccc2-c2cc(N(c3ccc4c(c3)oc3ccccc34)c3cccc4ccc5ccc6ccccc6c5c34)ccc21. The molecule has 0 fully saturated rings. The molecule has 0 unspecified atom stereocenters. The highest BCUT2D eigenvalue weighted by atomic mass is 16.3. The number of para-hydroxylation sites is 1. The normalized spacial score (nSPS) is 13.5. The number of hydrogen-bond acceptors (Lipinski definition) is 2. The quantitative estimate of drug-likeness (QED) is 0.187. The molecule has 1 aliphatic rings. The van der Waals surface area contributed by atoms with Crippen LogP contribution in [-0.2, 0) is 5.41 Å². The predicted molar refractivity (Wildman–Crippen MR) is 198 cm³/mol. The molecule has 0 saturated carbocycles. The van der Waals surface area contributed by atoms with Crippen molar-refractivity contribution in [3.05, 3.63) is 163 Å². The maximum Gasteiger partial charge on any atom is 0.137 e. The van der Waals surface area contributed by atoms with Crippen LogP contribution in [0.2, 0.25) is 0 Å². The van der Waals surface area contributed by atoms with Crippen LogP contribution in [0.3, 0.4) is 0 Å². The Balaban J connectivity index is 1.30. The maximum atomic E-state index is 6.45. The van der Waals surface area contributed by atoms with Gasteiger partial charge in [-0.2, -0.15) is 0 Å². The largest absolute Gasteiger partial charge is 0.456 e. The third-order valence-electron chi connectivity index (χ3n) is 10.4. The average molecular weight is 602 g/mol. The number of rotatable bonds is 3. The van der Waals surface area contributed by atoms with Crippen molar-refractivity contribution in [2.24, 2.45) is 0 Å². The van der Waals surface area contributed by atoms with Crippen molar-refractivity contribution in [3.63, 3.8) is 0 Å². The Morgan fingerprint density at radius 2 is 1.09 bits per heavy atom. The second kappa shape index (κ2) is 9.57. The fraction of sp³-hybridized carbons (Fsp3) is 0.0667. The molecule has 0 N–H and O–H groups in total. The molecule has 0 aliphatic heterocycles. The van der Waals surface area contributed by atoms with Gasteiger partial charge in [-0.3, -0.25) is 0 Å². The van der Waals surface area contributed by atoms with Gasteiger partial charge in [0.25, 0.3) is 0 Å². The monoisotopic (exact) mass is 601 g/mol. The van der Waals surface area contributed by atoms with Crippen LogP contribution < -0.4 is 4.90 Å². The Morgan fingerprint density at radius 1 is 0.447 bits per heavy atom. The number of nitrogens with zero attached hydrogens (tertiary/aromatic N) is 1. The summed E-state index contributed by atoms with van der Waals surface area (Å²) < 4.78 is 6.45. The maximum absolute atomic E-state index is 6.45. The summed E-state index contributed by atoms with van der Waals surface area (Å²) in [5.74, 6) is 0. The summed E-state index contributed by atoms with van der Waals surface area (Å²) in [6.07, 6.45) is 0. The summed E-state index contributed by atoms with van der Waals surface area (Å²) in [4.78, 5) is 2.43. The summed E-state index contributed by atoms with van der Waals surface area (Å²) in [6.45, 7) is 4.68. The average Bonchev–Trinajstić information content (AvgIpc) is 3.59. The Morgan fingerprint density at radius 3 is 1.98 bits per heavy atom. The zero-order valence-corrected chi connectivity index (χ0v) is 26.3. The molecule has 9 aromatic rings. The fourth-order valence-electron chi connectivity index (χ4n) is 8.17. The first kappa shape index (κ1) is 26.4. The smallest absolute Gasteiger partial charge is 0.137 e. The van der Waals surface area contributed by atoms with E-state index in [9.17, 15) is 0 Å². The lowest BCUT2D eigenvalue weighted by Crippen LogP contribution is -2.15. The van der Waals surface area contributed by atoms with E-state index in [0.717, 1.165) is 39.0 Å². The number of fused-ring (bicyclic) bond motifs is 11. The van der Waals surface area contributed by atoms with E-state index in [1.54, 1.807) is 0 Å². The van der Waals surface area contributed by atoms with Crippen molar-refractivity contribution in [3.8, 4) is 11.1 Å². The van der Waals surface area contributed by atoms with E-state index < -0.39 is 0 Å². The number of hydrogen-bond donors (Lipinski definition) is 0. The second-order valence-corrected chi connectivity index (χ2v) is 13.3. The molecule has 1 heterocycles. The summed E-state index contributed by atoms with van der Waals surface area (Å²) in [7, 11) is 0. The molecule has 0 radical (unpaired) electrons. The first-order valence-electron chi connectivity index (χ1n) is 16.4. The van der Waals surface area contributed by atoms with Crippen LogP contribution in [-0.4, -0.2) is 0 Å². The molecular formula is C45H31NO. The van der Waals surface area contributed by atoms with E-state index in [2.05, 4.69) is 164 Å². The number of anilines is 3. The Hall–Kier alpha value is -5.86. The van der Waals surface area contributed by atoms with Gasteiger partial charge in [0.2, 0.25) is 0 Å². The van der Waals surface area contributed by atoms with Crippen molar-refractivity contribution in [1.29, 1.82) is 0 Å². The highest BCUT2D eigenvalue weighted by Gasteiger charge is 2.35. The Kier molecular flexibility index (Phi) is 5.37. The van der Waals surface area contributed by atoms with Crippen molar-refractivity contribution in [1.82, 2.24) is 0 Å². The van der Waals surface area contributed by atoms with Crippen molar-refractivity contribution >= 4 is 71.3 Å². The molecule has 8 aromatic carbocycles. The molecular weight excluding hydrogens is 571 g/mol. The van der Waals surface area contributed by atoms with E-state index in [1.165, 1.54) is 54.6 Å². The zero-order chi connectivity index (χ0) is 31.3. The lowest BCUT2D eigenvalue weighted by molar-refractivity contribution is 0.660. The highest BCUT2D eigenvalue weighted by Crippen LogP contribution is 2.51. The van der Waals surface area contributed by atoms with Gasteiger partial charge in [-0.1, -0.05) is 123 Å². The lowest BCUT2D eigenvalue weighted by atomic mass is 9.82. The fourth-order valence-corrected chi connectivity index (χ4v) is 8.17. The Bertz CT molecular complexity index is 2720. The molecule has 1 aliphatic carbocycles. The van der Waals surface area contributed by atoms with Crippen molar-refractivity contribution in [2.45, 2.75) is 19.3 Å². The van der Waals surface area contributed by atoms with Gasteiger partial charge in [0, 0.05) is 39.0 Å². The molecule has 0 amide bonds. The minimum absolute atomic E-state index is 0.0585. The highest BCUT2D eigenvalue weighted by molar-refractivity contribution is 6.24. The van der Waals surface area contributed by atoms with Gasteiger partial charge < -0.3 is 9.32 Å². The zero-order valence-electron chi connectivity index (χ0n) is 26.3. The second-order valence-electron chi connectivity index (χ2n) is 13.3. The van der Waals surface area contributed by atoms with Gasteiger partial charge in [-0.15, -0.1) is 0 Å². The van der Waals surface area contributed by atoms with Gasteiger partial charge >= 0.3 is 0 Å². The topological polar surface area (TPSA) is 16.4 Å². The summed E-state index contributed by atoms with van der Waals surface area (Å²) in [6, 6.07) is 55.3. The molecule has 0 spiro atoms. The molecule has 10 rings (SSSR count). The summed E-state index contributed by atoms with van der Waals surface area (Å²) >= 11 is 0. The van der Waals surface area contributed by atoms with Crippen LogP contribution in [0, 0.1) is 0 Å². The molecule has 2 nitrogen and oxygen atoms in total. The predicted octanol–water partition coefficient (Wildman–Crippen LogP) is 12.8. The molecule has 0 atom stereocenters. The summed E-state index contributed by atoms with van der Waals surface area (Å²) in [5, 5.41) is 9.75. The van der Waals surface area contributed by atoms with Gasteiger partial charge in [0.1, 0.15) is 11.2 Å². The molecule has 0 bridgehead atoms. The van der Waals surface area contributed by atoms with Crippen LogP contribution in [0.5, 0.6) is 0 Å². The molecule has 1 aromatic heterocycles. The minimum atomic E-state index is -0.0585. The first-order valence-corrected chi connectivity index (χ1v) is 16.4. The van der Waals surface area contributed by atoms with Crippen LogP contribution in [0.25, 0.3) is 65.4 Å². The third-order valence-corrected chi connectivity index (χ3v) is 10.4. The minimum Gasteiger partial charge on any atom is -0.456 e. The molecule has 2 heteroatoms. The van der Waals surface area contributed by atoms with Gasteiger partial charge in [0.15, 0.2) is 0 Å². The molecule has 47 heavy (non-hydrogen) atoms. The van der Waals surface area contributed by atoms with E-state index in [0.29, 0.717) is 0 Å². The number of benzene rings is 8. The number of furan rings is 1. The first-order chi connectivity index (χ1) is 23.1. The van der Waals surface area contributed by atoms with Gasteiger partial charge in [0.05, 0.1) is 5.69 Å². The lowest BCUT2D eigenvalue weighted by Gasteiger charge is -2.29. The van der Waals surface area contributed by atoms with E-state index in [4.69, 9.17) is 4.42 Å². The van der Waals surface area contributed by atoms with Crippen LogP contribution in [0.15, 0.2) is 156 Å². The summed E-state index contributed by atoms with van der Waals surface area (Å²) in [5.41, 5.74) is 10.4.